The first-order valence-corrected chi connectivity index (χ1v) is 7.12. The molecule has 3 rings (SSSR count). The summed E-state index contributed by atoms with van der Waals surface area (Å²) in [5, 5.41) is 3.41. The van der Waals surface area contributed by atoms with Crippen molar-refractivity contribution in [2.45, 2.75) is 6.18 Å². The second-order valence-electron chi connectivity index (χ2n) is 4.34. The molecule has 1 heterocycles. The molecule has 3 aromatic rings. The molecular formula is C14H8ClF3N2S. The van der Waals surface area contributed by atoms with Gasteiger partial charge in [-0.3, -0.25) is 0 Å². The Morgan fingerprint density at radius 3 is 2.57 bits per heavy atom. The molecule has 0 saturated carbocycles. The number of alkyl halides is 3. The van der Waals surface area contributed by atoms with Gasteiger partial charge in [0.25, 0.3) is 0 Å². The number of thiazole rings is 1. The Morgan fingerprint density at radius 1 is 1.10 bits per heavy atom. The van der Waals surface area contributed by atoms with E-state index in [2.05, 4.69) is 10.3 Å². The van der Waals surface area contributed by atoms with Crippen molar-refractivity contribution >= 4 is 44.0 Å². The molecule has 2 nitrogen and oxygen atoms in total. The lowest BCUT2D eigenvalue weighted by Gasteiger charge is -2.10. The molecule has 0 radical (unpaired) electrons. The fourth-order valence-corrected chi connectivity index (χ4v) is 3.00. The molecule has 7 heteroatoms. The number of para-hydroxylation sites is 1. The van der Waals surface area contributed by atoms with Crippen molar-refractivity contribution in [2.24, 2.45) is 0 Å². The second kappa shape index (κ2) is 5.20. The van der Waals surface area contributed by atoms with Crippen LogP contribution in [0.5, 0.6) is 0 Å². The molecule has 0 atom stereocenters. The molecule has 0 aliphatic carbocycles. The van der Waals surface area contributed by atoms with Crippen LogP contribution in [0.2, 0.25) is 5.02 Å². The summed E-state index contributed by atoms with van der Waals surface area (Å²) in [5.74, 6) is 0. The molecular weight excluding hydrogens is 321 g/mol. The van der Waals surface area contributed by atoms with Crippen molar-refractivity contribution < 1.29 is 13.2 Å². The van der Waals surface area contributed by atoms with E-state index in [9.17, 15) is 13.2 Å². The number of rotatable bonds is 2. The summed E-state index contributed by atoms with van der Waals surface area (Å²) >= 11 is 7.11. The predicted octanol–water partition coefficient (Wildman–Crippen LogP) is 5.71. The van der Waals surface area contributed by atoms with Crippen molar-refractivity contribution in [3.8, 4) is 0 Å². The monoisotopic (exact) mass is 328 g/mol. The number of benzene rings is 2. The fraction of sp³-hybridized carbons (Fsp3) is 0.0714. The molecule has 0 fully saturated rings. The first-order chi connectivity index (χ1) is 9.91. The maximum Gasteiger partial charge on any atom is 0.416 e. The smallest absolute Gasteiger partial charge is 0.331 e. The third-order valence-corrected chi connectivity index (χ3v) is 3.94. The number of fused-ring (bicyclic) bond motifs is 1. The van der Waals surface area contributed by atoms with Gasteiger partial charge in [0, 0.05) is 10.7 Å². The van der Waals surface area contributed by atoms with Gasteiger partial charge in [-0.05, 0) is 30.3 Å². The van der Waals surface area contributed by atoms with E-state index in [1.54, 1.807) is 0 Å². The molecule has 0 unspecified atom stereocenters. The van der Waals surface area contributed by atoms with Crippen molar-refractivity contribution in [3.63, 3.8) is 0 Å². The van der Waals surface area contributed by atoms with Crippen LogP contribution in [0.15, 0.2) is 42.5 Å². The zero-order valence-electron chi connectivity index (χ0n) is 10.4. The van der Waals surface area contributed by atoms with Crippen molar-refractivity contribution in [2.75, 3.05) is 5.32 Å². The van der Waals surface area contributed by atoms with Crippen LogP contribution in [0.3, 0.4) is 0 Å². The van der Waals surface area contributed by atoms with E-state index >= 15 is 0 Å². The van der Waals surface area contributed by atoms with Crippen LogP contribution in [-0.4, -0.2) is 4.98 Å². The highest BCUT2D eigenvalue weighted by Crippen LogP contribution is 2.35. The van der Waals surface area contributed by atoms with Crippen LogP contribution in [0.4, 0.5) is 24.0 Å². The normalized spacial score (nSPS) is 11.8. The number of hydrogen-bond acceptors (Lipinski definition) is 3. The van der Waals surface area contributed by atoms with E-state index < -0.39 is 11.7 Å². The zero-order chi connectivity index (χ0) is 15.0. The van der Waals surface area contributed by atoms with Gasteiger partial charge in [-0.25, -0.2) is 4.98 Å². The third kappa shape index (κ3) is 3.11. The number of nitrogens with zero attached hydrogens (tertiary/aromatic N) is 1. The number of nitrogens with one attached hydrogen (secondary N) is 1. The van der Waals surface area contributed by atoms with E-state index in [4.69, 9.17) is 11.6 Å². The highest BCUT2D eigenvalue weighted by atomic mass is 35.5. The van der Waals surface area contributed by atoms with E-state index in [1.165, 1.54) is 17.4 Å². The quantitative estimate of drug-likeness (QED) is 0.651. The highest BCUT2D eigenvalue weighted by Gasteiger charge is 2.31. The Hall–Kier alpha value is -1.79. The molecule has 2 aromatic carbocycles. The van der Waals surface area contributed by atoms with Gasteiger partial charge in [0.1, 0.15) is 0 Å². The first kappa shape index (κ1) is 14.2. The Morgan fingerprint density at radius 2 is 1.86 bits per heavy atom. The van der Waals surface area contributed by atoms with Crippen molar-refractivity contribution in [3.05, 3.63) is 53.1 Å². The second-order valence-corrected chi connectivity index (χ2v) is 5.81. The molecule has 0 aliphatic rings. The Bertz CT molecular complexity index is 765. The molecule has 0 aliphatic heterocycles. The van der Waals surface area contributed by atoms with Gasteiger partial charge in [-0.1, -0.05) is 35.1 Å². The molecule has 0 saturated heterocycles. The minimum atomic E-state index is -4.44. The Labute approximate surface area is 127 Å². The van der Waals surface area contributed by atoms with Crippen molar-refractivity contribution in [1.29, 1.82) is 0 Å². The maximum atomic E-state index is 12.8. The SMILES string of the molecule is FC(F)(F)c1cc(Cl)cc(Nc2nc3ccccc3s2)c1. The zero-order valence-corrected chi connectivity index (χ0v) is 12.0. The third-order valence-electron chi connectivity index (χ3n) is 2.77. The molecule has 108 valence electrons. The maximum absolute atomic E-state index is 12.8. The lowest BCUT2D eigenvalue weighted by molar-refractivity contribution is -0.137. The highest BCUT2D eigenvalue weighted by molar-refractivity contribution is 7.22. The van der Waals surface area contributed by atoms with Crippen LogP contribution >= 0.6 is 22.9 Å². The molecule has 1 aromatic heterocycles. The summed E-state index contributed by atoms with van der Waals surface area (Å²) in [6.45, 7) is 0. The van der Waals surface area contributed by atoms with Crippen LogP contribution in [0.25, 0.3) is 10.2 Å². The van der Waals surface area contributed by atoms with Crippen LogP contribution in [0, 0.1) is 0 Å². The van der Waals surface area contributed by atoms with Gasteiger partial charge in [-0.2, -0.15) is 13.2 Å². The standard InChI is InChI=1S/C14H8ClF3N2S/c15-9-5-8(14(16,17)18)6-10(7-9)19-13-20-11-3-1-2-4-12(11)21-13/h1-7H,(H,19,20). The summed E-state index contributed by atoms with van der Waals surface area (Å²) in [4.78, 5) is 4.31. The van der Waals surface area contributed by atoms with E-state index in [0.29, 0.717) is 5.13 Å². The minimum Gasteiger partial charge on any atom is -0.331 e. The summed E-state index contributed by atoms with van der Waals surface area (Å²) in [5.41, 5.74) is 0.260. The molecule has 0 bridgehead atoms. The van der Waals surface area contributed by atoms with Gasteiger partial charge in [0.2, 0.25) is 0 Å². The molecule has 1 N–H and O–H groups in total. The van der Waals surface area contributed by atoms with Gasteiger partial charge in [-0.15, -0.1) is 0 Å². The van der Waals surface area contributed by atoms with E-state index in [-0.39, 0.29) is 10.7 Å². The number of halogens is 4. The molecule has 0 spiro atoms. The van der Waals surface area contributed by atoms with Gasteiger partial charge in [0.15, 0.2) is 5.13 Å². The number of anilines is 2. The van der Waals surface area contributed by atoms with Crippen LogP contribution < -0.4 is 5.32 Å². The summed E-state index contributed by atoms with van der Waals surface area (Å²) in [6.07, 6.45) is -4.44. The minimum absolute atomic E-state index is 0.0217. The van der Waals surface area contributed by atoms with Gasteiger partial charge < -0.3 is 5.32 Å². The summed E-state index contributed by atoms with van der Waals surface area (Å²) < 4.78 is 39.2. The van der Waals surface area contributed by atoms with Crippen molar-refractivity contribution in [1.82, 2.24) is 4.98 Å². The summed E-state index contributed by atoms with van der Waals surface area (Å²) in [6, 6.07) is 10.8. The number of hydrogen-bond donors (Lipinski definition) is 1. The lowest BCUT2D eigenvalue weighted by atomic mass is 10.2. The summed E-state index contributed by atoms with van der Waals surface area (Å²) in [7, 11) is 0. The average Bonchev–Trinajstić information content (AvgIpc) is 2.79. The molecule has 0 amide bonds. The molecule has 21 heavy (non-hydrogen) atoms. The van der Waals surface area contributed by atoms with E-state index in [0.717, 1.165) is 22.3 Å². The largest absolute Gasteiger partial charge is 0.416 e. The van der Waals surface area contributed by atoms with Crippen LogP contribution in [-0.2, 0) is 6.18 Å². The Kier molecular flexibility index (Phi) is 3.51. The predicted molar refractivity (Wildman–Crippen MR) is 79.4 cm³/mol. The van der Waals surface area contributed by atoms with E-state index in [1.807, 2.05) is 24.3 Å². The lowest BCUT2D eigenvalue weighted by Crippen LogP contribution is -2.05. The van der Waals surface area contributed by atoms with Gasteiger partial charge in [0.05, 0.1) is 15.8 Å². The Balaban J connectivity index is 1.95. The van der Waals surface area contributed by atoms with Crippen LogP contribution in [0.1, 0.15) is 5.56 Å². The average molecular weight is 329 g/mol. The first-order valence-electron chi connectivity index (χ1n) is 5.92. The van der Waals surface area contributed by atoms with Gasteiger partial charge >= 0.3 is 6.18 Å². The number of aromatic nitrogens is 1. The topological polar surface area (TPSA) is 24.9 Å². The fourth-order valence-electron chi connectivity index (χ4n) is 1.87.